The van der Waals surface area contributed by atoms with Crippen LogP contribution in [0.15, 0.2) is 24.3 Å². The van der Waals surface area contributed by atoms with Gasteiger partial charge < -0.3 is 5.32 Å². The van der Waals surface area contributed by atoms with Gasteiger partial charge in [-0.05, 0) is 62.6 Å². The molecule has 122 valence electrons. The number of hydrogen-bond donors (Lipinski definition) is 1. The lowest BCUT2D eigenvalue weighted by molar-refractivity contribution is -0.121. The highest BCUT2D eigenvalue weighted by atomic mass is 16.1. The Labute approximate surface area is 138 Å². The van der Waals surface area contributed by atoms with E-state index in [1.807, 2.05) is 25.1 Å². The highest BCUT2D eigenvalue weighted by Crippen LogP contribution is 2.25. The Morgan fingerprint density at radius 3 is 2.61 bits per heavy atom. The molecule has 2 aromatic rings. The van der Waals surface area contributed by atoms with Gasteiger partial charge in [-0.25, -0.2) is 0 Å². The monoisotopic (exact) mass is 310 g/mol. The van der Waals surface area contributed by atoms with Crippen molar-refractivity contribution in [1.29, 1.82) is 0 Å². The molecule has 1 saturated carbocycles. The summed E-state index contributed by atoms with van der Waals surface area (Å²) in [6.45, 7) is 6.40. The number of hydrogen-bond acceptors (Lipinski definition) is 2. The van der Waals surface area contributed by atoms with Crippen molar-refractivity contribution in [3.05, 3.63) is 41.1 Å². The van der Waals surface area contributed by atoms with E-state index in [9.17, 15) is 4.79 Å². The van der Waals surface area contributed by atoms with Crippen molar-refractivity contribution < 1.29 is 4.79 Å². The van der Waals surface area contributed by atoms with E-state index in [-0.39, 0.29) is 5.91 Å². The molecule has 0 aliphatic heterocycles. The zero-order valence-corrected chi connectivity index (χ0v) is 14.4. The van der Waals surface area contributed by atoms with Crippen LogP contribution in [0.25, 0.3) is 10.9 Å². The van der Waals surface area contributed by atoms with E-state index < -0.39 is 0 Å². The molecule has 1 N–H and O–H groups in total. The fourth-order valence-electron chi connectivity index (χ4n) is 3.67. The van der Waals surface area contributed by atoms with Crippen LogP contribution in [0, 0.1) is 19.8 Å². The first-order valence-corrected chi connectivity index (χ1v) is 8.68. The molecule has 1 aliphatic carbocycles. The van der Waals surface area contributed by atoms with E-state index in [0.717, 1.165) is 40.9 Å². The largest absolute Gasteiger partial charge is 0.353 e. The van der Waals surface area contributed by atoms with Crippen LogP contribution in [-0.4, -0.2) is 16.9 Å². The SMILES string of the molecule is Cc1nc2ccccc2c(C)c1CC(=O)NC1CCC(C)CC1. The Kier molecular flexibility index (Phi) is 4.65. The molecule has 1 aliphatic rings. The van der Waals surface area contributed by atoms with Gasteiger partial charge in [0.15, 0.2) is 0 Å². The lowest BCUT2D eigenvalue weighted by Gasteiger charge is -2.27. The number of nitrogens with one attached hydrogen (secondary N) is 1. The average molecular weight is 310 g/mol. The van der Waals surface area contributed by atoms with Gasteiger partial charge in [-0.1, -0.05) is 25.1 Å². The lowest BCUT2D eigenvalue weighted by Crippen LogP contribution is -2.38. The number of rotatable bonds is 3. The number of nitrogens with zero attached hydrogens (tertiary/aromatic N) is 1. The maximum atomic E-state index is 12.5. The van der Waals surface area contributed by atoms with Crippen LogP contribution in [-0.2, 0) is 11.2 Å². The number of para-hydroxylation sites is 1. The molecular formula is C20H26N2O. The van der Waals surface area contributed by atoms with Gasteiger partial charge in [0.2, 0.25) is 5.91 Å². The van der Waals surface area contributed by atoms with E-state index in [1.165, 1.54) is 18.4 Å². The molecule has 0 spiro atoms. The highest BCUT2D eigenvalue weighted by Gasteiger charge is 2.20. The second-order valence-electron chi connectivity index (χ2n) is 7.02. The first-order valence-electron chi connectivity index (χ1n) is 8.68. The molecular weight excluding hydrogens is 284 g/mol. The predicted molar refractivity (Wildman–Crippen MR) is 94.5 cm³/mol. The summed E-state index contributed by atoms with van der Waals surface area (Å²) >= 11 is 0. The maximum absolute atomic E-state index is 12.5. The van der Waals surface area contributed by atoms with E-state index in [4.69, 9.17) is 0 Å². The first-order chi connectivity index (χ1) is 11.0. The van der Waals surface area contributed by atoms with Gasteiger partial charge in [0.1, 0.15) is 0 Å². The number of fused-ring (bicyclic) bond motifs is 1. The quantitative estimate of drug-likeness (QED) is 0.928. The number of pyridine rings is 1. The zero-order valence-electron chi connectivity index (χ0n) is 14.4. The second kappa shape index (κ2) is 6.69. The van der Waals surface area contributed by atoms with E-state index in [1.54, 1.807) is 0 Å². The molecule has 0 bridgehead atoms. The van der Waals surface area contributed by atoms with Gasteiger partial charge in [-0.3, -0.25) is 9.78 Å². The van der Waals surface area contributed by atoms with Crippen molar-refractivity contribution in [3.8, 4) is 0 Å². The van der Waals surface area contributed by atoms with Gasteiger partial charge in [0, 0.05) is 17.1 Å². The summed E-state index contributed by atoms with van der Waals surface area (Å²) in [6.07, 6.45) is 5.10. The summed E-state index contributed by atoms with van der Waals surface area (Å²) in [5.74, 6) is 0.935. The topological polar surface area (TPSA) is 42.0 Å². The van der Waals surface area contributed by atoms with Crippen molar-refractivity contribution >= 4 is 16.8 Å². The van der Waals surface area contributed by atoms with Crippen molar-refractivity contribution in [2.24, 2.45) is 5.92 Å². The van der Waals surface area contributed by atoms with Crippen molar-refractivity contribution in [3.63, 3.8) is 0 Å². The number of amides is 1. The number of carbonyl (C=O) groups is 1. The molecule has 0 atom stereocenters. The van der Waals surface area contributed by atoms with Gasteiger partial charge in [0.25, 0.3) is 0 Å². The molecule has 1 amide bonds. The summed E-state index contributed by atoms with van der Waals surface area (Å²) in [6, 6.07) is 8.50. The lowest BCUT2D eigenvalue weighted by atomic mass is 9.87. The number of aryl methyl sites for hydroxylation is 2. The Balaban J connectivity index is 1.74. The number of aromatic nitrogens is 1. The van der Waals surface area contributed by atoms with Gasteiger partial charge in [0.05, 0.1) is 11.9 Å². The van der Waals surface area contributed by atoms with E-state index in [2.05, 4.69) is 30.2 Å². The molecule has 1 fully saturated rings. The fourth-order valence-corrected chi connectivity index (χ4v) is 3.67. The van der Waals surface area contributed by atoms with Crippen LogP contribution in [0.2, 0.25) is 0 Å². The van der Waals surface area contributed by atoms with Gasteiger partial charge >= 0.3 is 0 Å². The third kappa shape index (κ3) is 3.54. The third-order valence-electron chi connectivity index (χ3n) is 5.20. The summed E-state index contributed by atoms with van der Waals surface area (Å²) < 4.78 is 0. The van der Waals surface area contributed by atoms with Crippen molar-refractivity contribution in [1.82, 2.24) is 10.3 Å². The maximum Gasteiger partial charge on any atom is 0.224 e. The molecule has 3 nitrogen and oxygen atoms in total. The first kappa shape index (κ1) is 16.0. The molecule has 1 aromatic heterocycles. The van der Waals surface area contributed by atoms with Gasteiger partial charge in [-0.15, -0.1) is 0 Å². The summed E-state index contributed by atoms with van der Waals surface area (Å²) in [5.41, 5.74) is 4.23. The highest BCUT2D eigenvalue weighted by molar-refractivity contribution is 5.86. The molecule has 1 heterocycles. The van der Waals surface area contributed by atoms with Gasteiger partial charge in [-0.2, -0.15) is 0 Å². The third-order valence-corrected chi connectivity index (χ3v) is 5.20. The average Bonchev–Trinajstić information content (AvgIpc) is 2.54. The summed E-state index contributed by atoms with van der Waals surface area (Å²) in [4.78, 5) is 17.1. The molecule has 0 radical (unpaired) electrons. The minimum absolute atomic E-state index is 0.132. The molecule has 0 unspecified atom stereocenters. The zero-order chi connectivity index (χ0) is 16.4. The summed E-state index contributed by atoms with van der Waals surface area (Å²) in [5, 5.41) is 4.37. The van der Waals surface area contributed by atoms with Crippen molar-refractivity contribution in [2.75, 3.05) is 0 Å². The van der Waals surface area contributed by atoms with Crippen LogP contribution < -0.4 is 5.32 Å². The Bertz CT molecular complexity index is 715. The predicted octanol–water partition coefficient (Wildman–Crippen LogP) is 4.09. The minimum atomic E-state index is 0.132. The van der Waals surface area contributed by atoms with Crippen molar-refractivity contribution in [2.45, 2.75) is 58.9 Å². The van der Waals surface area contributed by atoms with Crippen LogP contribution in [0.5, 0.6) is 0 Å². The summed E-state index contributed by atoms with van der Waals surface area (Å²) in [7, 11) is 0. The van der Waals surface area contributed by atoms with Crippen LogP contribution in [0.4, 0.5) is 0 Å². The van der Waals surface area contributed by atoms with Crippen LogP contribution in [0.3, 0.4) is 0 Å². The molecule has 0 saturated heterocycles. The normalized spacial score (nSPS) is 21.3. The smallest absolute Gasteiger partial charge is 0.224 e. The number of benzene rings is 1. The Morgan fingerprint density at radius 1 is 1.17 bits per heavy atom. The minimum Gasteiger partial charge on any atom is -0.353 e. The van der Waals surface area contributed by atoms with Crippen LogP contribution in [0.1, 0.15) is 49.4 Å². The standard InChI is InChI=1S/C20H26N2O/c1-13-8-10-16(11-9-13)22-20(23)12-18-14(2)17-6-4-5-7-19(17)21-15(18)3/h4-7,13,16H,8-12H2,1-3H3,(H,22,23). The Morgan fingerprint density at radius 2 is 1.87 bits per heavy atom. The molecule has 1 aromatic carbocycles. The molecule has 23 heavy (non-hydrogen) atoms. The van der Waals surface area contributed by atoms with E-state index >= 15 is 0 Å². The number of carbonyl (C=O) groups excluding carboxylic acids is 1. The molecule has 3 heteroatoms. The second-order valence-corrected chi connectivity index (χ2v) is 7.02. The van der Waals surface area contributed by atoms with E-state index in [0.29, 0.717) is 12.5 Å². The molecule has 3 rings (SSSR count). The fraction of sp³-hybridized carbons (Fsp3) is 0.500. The Hall–Kier alpha value is -1.90. The van der Waals surface area contributed by atoms with Crippen LogP contribution >= 0.6 is 0 Å².